The maximum Gasteiger partial charge on any atom is 0.303 e. The number of hydrogen-bond acceptors (Lipinski definition) is 3. The van der Waals surface area contributed by atoms with Gasteiger partial charge in [-0.15, -0.1) is 0 Å². The van der Waals surface area contributed by atoms with Crippen LogP contribution in [0.25, 0.3) is 0 Å². The minimum Gasteiger partial charge on any atom is -0.481 e. The number of carboxylic acids is 1. The molecule has 6 heteroatoms. The monoisotopic (exact) mass is 344 g/mol. The number of amides is 2. The topological polar surface area (TPSA) is 77.9 Å². The molecule has 0 bridgehead atoms. The van der Waals surface area contributed by atoms with E-state index in [4.69, 9.17) is 5.11 Å². The van der Waals surface area contributed by atoms with Gasteiger partial charge >= 0.3 is 5.97 Å². The summed E-state index contributed by atoms with van der Waals surface area (Å²) in [5.41, 5.74) is 1.92. The molecule has 2 amide bonds. The van der Waals surface area contributed by atoms with E-state index in [1.54, 1.807) is 9.80 Å². The lowest BCUT2D eigenvalue weighted by molar-refractivity contribution is -0.139. The van der Waals surface area contributed by atoms with Crippen molar-refractivity contribution in [3.63, 3.8) is 0 Å². The standard InChI is InChI=1S/C19H24N2O4/c22-17-10-8-14-5-1-2-7-16(14)21(17)13-18(23)20-12-4-3-6-15(20)9-11-19(24)25/h1-2,5,7,15H,3-4,6,8-13H2,(H,24,25). The molecule has 1 fully saturated rings. The Labute approximate surface area is 147 Å². The second kappa shape index (κ2) is 7.68. The van der Waals surface area contributed by atoms with Gasteiger partial charge in [0.1, 0.15) is 6.54 Å². The molecule has 2 heterocycles. The average Bonchev–Trinajstić information content (AvgIpc) is 2.62. The van der Waals surface area contributed by atoms with Gasteiger partial charge in [-0.3, -0.25) is 14.4 Å². The van der Waals surface area contributed by atoms with Crippen LogP contribution in [-0.4, -0.2) is 46.9 Å². The van der Waals surface area contributed by atoms with Crippen LogP contribution in [0.15, 0.2) is 24.3 Å². The van der Waals surface area contributed by atoms with Gasteiger partial charge in [0.2, 0.25) is 11.8 Å². The maximum absolute atomic E-state index is 12.9. The number of hydrogen-bond donors (Lipinski definition) is 1. The summed E-state index contributed by atoms with van der Waals surface area (Å²) < 4.78 is 0. The number of nitrogens with zero attached hydrogens (tertiary/aromatic N) is 2. The Bertz CT molecular complexity index is 673. The SMILES string of the molecule is O=C(O)CCC1CCCCN1C(=O)CN1C(=O)CCc2ccccc21. The van der Waals surface area contributed by atoms with Crippen LogP contribution in [0, 0.1) is 0 Å². The van der Waals surface area contributed by atoms with Gasteiger partial charge in [0.05, 0.1) is 0 Å². The van der Waals surface area contributed by atoms with E-state index < -0.39 is 5.97 Å². The molecule has 0 aromatic heterocycles. The van der Waals surface area contributed by atoms with Crippen LogP contribution in [0.5, 0.6) is 0 Å². The molecule has 1 saturated heterocycles. The number of likely N-dealkylation sites (tertiary alicyclic amines) is 1. The largest absolute Gasteiger partial charge is 0.481 e. The Kier molecular flexibility index (Phi) is 5.36. The molecule has 3 rings (SSSR count). The fourth-order valence-electron chi connectivity index (χ4n) is 3.82. The molecule has 2 aliphatic heterocycles. The van der Waals surface area contributed by atoms with Crippen molar-refractivity contribution in [3.05, 3.63) is 29.8 Å². The van der Waals surface area contributed by atoms with Crippen molar-refractivity contribution >= 4 is 23.5 Å². The lowest BCUT2D eigenvalue weighted by Crippen LogP contribution is -2.50. The molecule has 134 valence electrons. The molecule has 1 aromatic carbocycles. The summed E-state index contributed by atoms with van der Waals surface area (Å²) in [4.78, 5) is 39.4. The lowest BCUT2D eigenvalue weighted by Gasteiger charge is -2.38. The Morgan fingerprint density at radius 2 is 1.96 bits per heavy atom. The van der Waals surface area contributed by atoms with E-state index in [-0.39, 0.29) is 30.8 Å². The lowest BCUT2D eigenvalue weighted by atomic mass is 9.97. The molecule has 0 aliphatic carbocycles. The molecule has 1 aromatic rings. The minimum absolute atomic E-state index is 0.0221. The molecular weight excluding hydrogens is 320 g/mol. The number of aliphatic carboxylic acids is 1. The predicted molar refractivity (Wildman–Crippen MR) is 93.3 cm³/mol. The van der Waals surface area contributed by atoms with Crippen LogP contribution < -0.4 is 4.90 Å². The van der Waals surface area contributed by atoms with Gasteiger partial charge < -0.3 is 14.9 Å². The number of rotatable bonds is 5. The number of anilines is 1. The van der Waals surface area contributed by atoms with E-state index in [1.165, 1.54) is 0 Å². The zero-order valence-electron chi connectivity index (χ0n) is 14.3. The number of fused-ring (bicyclic) bond motifs is 1. The summed E-state index contributed by atoms with van der Waals surface area (Å²) in [7, 11) is 0. The first-order chi connectivity index (χ1) is 12.1. The second-order valence-electron chi connectivity index (χ2n) is 6.78. The Morgan fingerprint density at radius 1 is 1.16 bits per heavy atom. The van der Waals surface area contributed by atoms with Crippen molar-refractivity contribution in [2.24, 2.45) is 0 Å². The van der Waals surface area contributed by atoms with Gasteiger partial charge in [-0.2, -0.15) is 0 Å². The summed E-state index contributed by atoms with van der Waals surface area (Å²) in [5, 5.41) is 8.92. The Balaban J connectivity index is 1.72. The number of aryl methyl sites for hydroxylation is 1. The van der Waals surface area contributed by atoms with Crippen molar-refractivity contribution in [2.75, 3.05) is 18.0 Å². The zero-order chi connectivity index (χ0) is 17.8. The Morgan fingerprint density at radius 3 is 2.76 bits per heavy atom. The van der Waals surface area contributed by atoms with Crippen molar-refractivity contribution in [1.82, 2.24) is 4.90 Å². The molecule has 1 atom stereocenters. The van der Waals surface area contributed by atoms with E-state index in [0.717, 1.165) is 30.5 Å². The van der Waals surface area contributed by atoms with Gasteiger partial charge in [0.25, 0.3) is 0 Å². The van der Waals surface area contributed by atoms with Crippen molar-refractivity contribution in [2.45, 2.75) is 51.0 Å². The van der Waals surface area contributed by atoms with Gasteiger partial charge in [-0.1, -0.05) is 18.2 Å². The molecule has 1 N–H and O–H groups in total. The number of carboxylic acid groups (broad SMARTS) is 1. The maximum atomic E-state index is 12.9. The highest BCUT2D eigenvalue weighted by Gasteiger charge is 2.31. The quantitative estimate of drug-likeness (QED) is 0.888. The molecule has 25 heavy (non-hydrogen) atoms. The highest BCUT2D eigenvalue weighted by atomic mass is 16.4. The highest BCUT2D eigenvalue weighted by molar-refractivity contribution is 6.01. The third kappa shape index (κ3) is 4.00. The summed E-state index contributed by atoms with van der Waals surface area (Å²) in [6, 6.07) is 7.67. The first kappa shape index (κ1) is 17.5. The summed E-state index contributed by atoms with van der Waals surface area (Å²) >= 11 is 0. The van der Waals surface area contributed by atoms with Gasteiger partial charge in [0.15, 0.2) is 0 Å². The number of piperidine rings is 1. The third-order valence-corrected chi connectivity index (χ3v) is 5.12. The van der Waals surface area contributed by atoms with Crippen molar-refractivity contribution < 1.29 is 19.5 Å². The number of benzene rings is 1. The minimum atomic E-state index is -0.835. The molecule has 6 nitrogen and oxygen atoms in total. The fourth-order valence-corrected chi connectivity index (χ4v) is 3.82. The number of carbonyl (C=O) groups excluding carboxylic acids is 2. The smallest absolute Gasteiger partial charge is 0.303 e. The molecule has 0 radical (unpaired) electrons. The van der Waals surface area contributed by atoms with Gasteiger partial charge in [0, 0.05) is 31.1 Å². The van der Waals surface area contributed by atoms with Crippen LogP contribution in [0.2, 0.25) is 0 Å². The summed E-state index contributed by atoms with van der Waals surface area (Å²) in [6.07, 6.45) is 4.46. The van der Waals surface area contributed by atoms with E-state index in [1.807, 2.05) is 24.3 Å². The summed E-state index contributed by atoms with van der Waals surface area (Å²) in [5.74, 6) is -0.940. The zero-order valence-corrected chi connectivity index (χ0v) is 14.3. The first-order valence-corrected chi connectivity index (χ1v) is 8.96. The van der Waals surface area contributed by atoms with E-state index in [0.29, 0.717) is 25.8 Å². The molecular formula is C19H24N2O4. The molecule has 0 spiro atoms. The predicted octanol–water partition coefficient (Wildman–Crippen LogP) is 2.21. The van der Waals surface area contributed by atoms with Crippen LogP contribution in [0.3, 0.4) is 0 Å². The highest BCUT2D eigenvalue weighted by Crippen LogP contribution is 2.28. The van der Waals surface area contributed by atoms with Crippen LogP contribution >= 0.6 is 0 Å². The van der Waals surface area contributed by atoms with Crippen molar-refractivity contribution in [1.29, 1.82) is 0 Å². The average molecular weight is 344 g/mol. The molecule has 2 aliphatic rings. The van der Waals surface area contributed by atoms with Gasteiger partial charge in [-0.25, -0.2) is 0 Å². The molecule has 1 unspecified atom stereocenters. The number of carbonyl (C=O) groups is 3. The van der Waals surface area contributed by atoms with E-state index in [2.05, 4.69) is 0 Å². The third-order valence-electron chi connectivity index (χ3n) is 5.12. The second-order valence-corrected chi connectivity index (χ2v) is 6.78. The summed E-state index contributed by atoms with van der Waals surface area (Å²) in [6.45, 7) is 0.687. The first-order valence-electron chi connectivity index (χ1n) is 8.96. The molecule has 0 saturated carbocycles. The normalized spacial score (nSPS) is 20.3. The van der Waals surface area contributed by atoms with E-state index >= 15 is 0 Å². The van der Waals surface area contributed by atoms with Crippen LogP contribution in [0.4, 0.5) is 5.69 Å². The van der Waals surface area contributed by atoms with E-state index in [9.17, 15) is 14.4 Å². The van der Waals surface area contributed by atoms with Crippen molar-refractivity contribution in [3.8, 4) is 0 Å². The van der Waals surface area contributed by atoms with Gasteiger partial charge in [-0.05, 0) is 43.7 Å². The van der Waals surface area contributed by atoms with Crippen LogP contribution in [-0.2, 0) is 20.8 Å². The fraction of sp³-hybridized carbons (Fsp3) is 0.526. The number of para-hydroxylation sites is 1. The Hall–Kier alpha value is -2.37. The van der Waals surface area contributed by atoms with Crippen LogP contribution in [0.1, 0.15) is 44.1 Å².